The molecule has 1 aromatic carbocycles. The van der Waals surface area contributed by atoms with Crippen LogP contribution in [0.15, 0.2) is 30.3 Å². The zero-order valence-corrected chi connectivity index (χ0v) is 8.09. The van der Waals surface area contributed by atoms with Gasteiger partial charge in [-0.2, -0.15) is 4.80 Å². The van der Waals surface area contributed by atoms with Crippen LogP contribution in [0, 0.1) is 0 Å². The van der Waals surface area contributed by atoms with Crippen LogP contribution in [0.1, 0.15) is 18.3 Å². The molecule has 1 aromatic heterocycles. The van der Waals surface area contributed by atoms with Crippen molar-refractivity contribution >= 4 is 0 Å². The number of aryl methyl sites for hydroxylation is 1. The normalized spacial score (nSPS) is 10.4. The van der Waals surface area contributed by atoms with Crippen LogP contribution < -0.4 is 0 Å². The van der Waals surface area contributed by atoms with E-state index in [0.29, 0.717) is 6.54 Å². The Kier molecular flexibility index (Phi) is 2.53. The second-order valence-corrected chi connectivity index (χ2v) is 3.08. The molecule has 72 valence electrons. The smallest absolute Gasteiger partial charge is 0.160 e. The molecule has 0 aliphatic rings. The van der Waals surface area contributed by atoms with E-state index in [1.807, 2.05) is 25.1 Å². The van der Waals surface area contributed by atoms with Crippen molar-refractivity contribution in [1.29, 1.82) is 0 Å². The molecule has 0 bridgehead atoms. The van der Waals surface area contributed by atoms with Crippen LogP contribution in [0.2, 0.25) is 0 Å². The van der Waals surface area contributed by atoms with Gasteiger partial charge in [-0.3, -0.25) is 0 Å². The first-order valence-electron chi connectivity index (χ1n) is 4.69. The molecule has 0 saturated carbocycles. The number of benzene rings is 1. The van der Waals surface area contributed by atoms with Gasteiger partial charge in [0.05, 0.1) is 6.54 Å². The second kappa shape index (κ2) is 4.00. The van der Waals surface area contributed by atoms with Crippen LogP contribution in [-0.2, 0) is 13.0 Å². The van der Waals surface area contributed by atoms with Gasteiger partial charge in [-0.15, -0.1) is 10.2 Å². The molecule has 0 radical (unpaired) electrons. The van der Waals surface area contributed by atoms with E-state index in [9.17, 15) is 0 Å². The van der Waals surface area contributed by atoms with Gasteiger partial charge in [0, 0.05) is 6.42 Å². The zero-order chi connectivity index (χ0) is 9.80. The average molecular weight is 188 g/mol. The topological polar surface area (TPSA) is 43.6 Å². The molecule has 14 heavy (non-hydrogen) atoms. The van der Waals surface area contributed by atoms with Gasteiger partial charge in [0.1, 0.15) is 0 Å². The molecule has 4 nitrogen and oxygen atoms in total. The van der Waals surface area contributed by atoms with Crippen molar-refractivity contribution in [3.05, 3.63) is 41.7 Å². The Balaban J connectivity index is 2.11. The molecule has 1 heterocycles. The Hall–Kier alpha value is -1.71. The van der Waals surface area contributed by atoms with Crippen molar-refractivity contribution < 1.29 is 0 Å². The van der Waals surface area contributed by atoms with E-state index in [4.69, 9.17) is 0 Å². The summed E-state index contributed by atoms with van der Waals surface area (Å²) < 4.78 is 0. The SMILES string of the molecule is CCc1nnn(Cc2ccccc2)n1. The number of tetrazole rings is 1. The fourth-order valence-electron chi connectivity index (χ4n) is 1.23. The fraction of sp³-hybridized carbons (Fsp3) is 0.300. The highest BCUT2D eigenvalue weighted by molar-refractivity contribution is 5.14. The summed E-state index contributed by atoms with van der Waals surface area (Å²) in [6.07, 6.45) is 0.828. The molecule has 0 amide bonds. The first-order valence-corrected chi connectivity index (χ1v) is 4.69. The van der Waals surface area contributed by atoms with Crippen LogP contribution >= 0.6 is 0 Å². The van der Waals surface area contributed by atoms with Gasteiger partial charge in [0.2, 0.25) is 0 Å². The van der Waals surface area contributed by atoms with E-state index < -0.39 is 0 Å². The lowest BCUT2D eigenvalue weighted by Crippen LogP contribution is -2.03. The molecule has 2 rings (SSSR count). The predicted molar refractivity (Wildman–Crippen MR) is 52.7 cm³/mol. The van der Waals surface area contributed by atoms with E-state index in [0.717, 1.165) is 12.2 Å². The summed E-state index contributed by atoms with van der Waals surface area (Å²) in [5.41, 5.74) is 1.19. The summed E-state index contributed by atoms with van der Waals surface area (Å²) in [6.45, 7) is 2.71. The zero-order valence-electron chi connectivity index (χ0n) is 8.09. The Morgan fingerprint density at radius 1 is 1.21 bits per heavy atom. The quantitative estimate of drug-likeness (QED) is 0.728. The van der Waals surface area contributed by atoms with E-state index in [1.165, 1.54) is 5.56 Å². The van der Waals surface area contributed by atoms with Crippen molar-refractivity contribution in [2.45, 2.75) is 19.9 Å². The molecule has 0 N–H and O–H groups in total. The first kappa shape index (κ1) is 8.87. The maximum atomic E-state index is 4.22. The lowest BCUT2D eigenvalue weighted by molar-refractivity contribution is 0.570. The van der Waals surface area contributed by atoms with Crippen molar-refractivity contribution in [3.8, 4) is 0 Å². The summed E-state index contributed by atoms with van der Waals surface area (Å²) in [5, 5.41) is 12.1. The van der Waals surface area contributed by atoms with Gasteiger partial charge >= 0.3 is 0 Å². The maximum absolute atomic E-state index is 4.22. The van der Waals surface area contributed by atoms with Crippen LogP contribution in [0.4, 0.5) is 0 Å². The highest BCUT2D eigenvalue weighted by atomic mass is 15.6. The standard InChI is InChI=1S/C10H12N4/c1-2-10-11-13-14(12-10)8-9-6-4-3-5-7-9/h3-7H,2,8H2,1H3. The highest BCUT2D eigenvalue weighted by Crippen LogP contribution is 1.99. The largest absolute Gasteiger partial charge is 0.174 e. The van der Waals surface area contributed by atoms with Gasteiger partial charge in [0.25, 0.3) is 0 Å². The van der Waals surface area contributed by atoms with Gasteiger partial charge in [-0.1, -0.05) is 37.3 Å². The molecule has 0 spiro atoms. The van der Waals surface area contributed by atoms with Crippen molar-refractivity contribution in [1.82, 2.24) is 20.2 Å². The lowest BCUT2D eigenvalue weighted by Gasteiger charge is -1.97. The number of hydrogen-bond acceptors (Lipinski definition) is 3. The van der Waals surface area contributed by atoms with E-state index in [2.05, 4.69) is 27.5 Å². The van der Waals surface area contributed by atoms with E-state index in [-0.39, 0.29) is 0 Å². The molecular formula is C10H12N4. The number of aromatic nitrogens is 4. The minimum Gasteiger partial charge on any atom is -0.160 e. The van der Waals surface area contributed by atoms with Gasteiger partial charge < -0.3 is 0 Å². The van der Waals surface area contributed by atoms with E-state index >= 15 is 0 Å². The Morgan fingerprint density at radius 3 is 2.64 bits per heavy atom. The van der Waals surface area contributed by atoms with Crippen molar-refractivity contribution in [2.75, 3.05) is 0 Å². The van der Waals surface area contributed by atoms with Crippen LogP contribution in [0.5, 0.6) is 0 Å². The molecule has 0 aliphatic heterocycles. The van der Waals surface area contributed by atoms with E-state index in [1.54, 1.807) is 4.80 Å². The van der Waals surface area contributed by atoms with Gasteiger partial charge in [-0.05, 0) is 10.8 Å². The second-order valence-electron chi connectivity index (χ2n) is 3.08. The minimum atomic E-state index is 0.688. The lowest BCUT2D eigenvalue weighted by atomic mass is 10.2. The van der Waals surface area contributed by atoms with Crippen LogP contribution in [-0.4, -0.2) is 20.2 Å². The molecular weight excluding hydrogens is 176 g/mol. The molecule has 0 fully saturated rings. The third-order valence-electron chi connectivity index (χ3n) is 1.98. The Labute approximate surface area is 82.6 Å². The Bertz CT molecular complexity index is 394. The van der Waals surface area contributed by atoms with Crippen LogP contribution in [0.25, 0.3) is 0 Å². The third kappa shape index (κ3) is 1.96. The van der Waals surface area contributed by atoms with Gasteiger partial charge in [-0.25, -0.2) is 0 Å². The van der Waals surface area contributed by atoms with Crippen LogP contribution in [0.3, 0.4) is 0 Å². The maximum Gasteiger partial charge on any atom is 0.174 e. The number of rotatable bonds is 3. The fourth-order valence-corrected chi connectivity index (χ4v) is 1.23. The molecule has 0 unspecified atom stereocenters. The minimum absolute atomic E-state index is 0.688. The molecule has 0 atom stereocenters. The Morgan fingerprint density at radius 2 is 2.00 bits per heavy atom. The highest BCUT2D eigenvalue weighted by Gasteiger charge is 1.99. The summed E-state index contributed by atoms with van der Waals surface area (Å²) >= 11 is 0. The first-order chi connectivity index (χ1) is 6.88. The molecule has 0 aliphatic carbocycles. The summed E-state index contributed by atoms with van der Waals surface area (Å²) in [6, 6.07) is 10.1. The van der Waals surface area contributed by atoms with Crippen molar-refractivity contribution in [2.24, 2.45) is 0 Å². The summed E-state index contributed by atoms with van der Waals surface area (Å²) in [7, 11) is 0. The summed E-state index contributed by atoms with van der Waals surface area (Å²) in [5.74, 6) is 0.793. The third-order valence-corrected chi connectivity index (χ3v) is 1.98. The predicted octanol–water partition coefficient (Wildman–Crippen LogP) is 1.28. The van der Waals surface area contributed by atoms with Crippen molar-refractivity contribution in [3.63, 3.8) is 0 Å². The average Bonchev–Trinajstić information content (AvgIpc) is 2.67. The van der Waals surface area contributed by atoms with Gasteiger partial charge in [0.15, 0.2) is 5.82 Å². The summed E-state index contributed by atoms with van der Waals surface area (Å²) in [4.78, 5) is 1.62. The monoisotopic (exact) mass is 188 g/mol. The number of nitrogens with zero attached hydrogens (tertiary/aromatic N) is 4. The molecule has 4 heteroatoms. The number of hydrogen-bond donors (Lipinski definition) is 0. The molecule has 0 saturated heterocycles. The molecule has 2 aromatic rings.